The molecule has 1 aliphatic rings. The Morgan fingerprint density at radius 2 is 2.05 bits per heavy atom. The number of benzene rings is 1. The van der Waals surface area contributed by atoms with Gasteiger partial charge in [0.1, 0.15) is 0 Å². The van der Waals surface area contributed by atoms with Crippen molar-refractivity contribution in [3.05, 3.63) is 35.4 Å². The SMILES string of the molecule is CC(N)C(=O)NC1c2ccccc2CCC1(C)C.Cl. The van der Waals surface area contributed by atoms with Crippen LogP contribution in [0.25, 0.3) is 0 Å². The van der Waals surface area contributed by atoms with E-state index in [2.05, 4.69) is 37.4 Å². The average molecular weight is 283 g/mol. The zero-order valence-corrected chi connectivity index (χ0v) is 12.6. The molecule has 0 aliphatic heterocycles. The number of rotatable bonds is 2. The molecule has 106 valence electrons. The Morgan fingerprint density at radius 3 is 2.68 bits per heavy atom. The van der Waals surface area contributed by atoms with Crippen molar-refractivity contribution in [1.29, 1.82) is 0 Å². The number of aryl methyl sites for hydroxylation is 1. The maximum absolute atomic E-state index is 11.9. The number of carbonyl (C=O) groups excluding carboxylic acids is 1. The molecule has 0 saturated heterocycles. The fraction of sp³-hybridized carbons (Fsp3) is 0.533. The average Bonchev–Trinajstić information content (AvgIpc) is 2.32. The van der Waals surface area contributed by atoms with E-state index in [1.807, 2.05) is 6.07 Å². The third kappa shape index (κ3) is 3.28. The van der Waals surface area contributed by atoms with Crippen LogP contribution in [-0.2, 0) is 11.2 Å². The lowest BCUT2D eigenvalue weighted by atomic mass is 9.70. The first-order valence-electron chi connectivity index (χ1n) is 6.55. The van der Waals surface area contributed by atoms with Crippen LogP contribution in [0.15, 0.2) is 24.3 Å². The largest absolute Gasteiger partial charge is 0.347 e. The lowest BCUT2D eigenvalue weighted by molar-refractivity contribution is -0.123. The molecule has 0 spiro atoms. The van der Waals surface area contributed by atoms with Gasteiger partial charge in [-0.05, 0) is 36.3 Å². The number of hydrogen-bond donors (Lipinski definition) is 2. The van der Waals surface area contributed by atoms with Crippen LogP contribution >= 0.6 is 12.4 Å². The first-order chi connectivity index (χ1) is 8.42. The minimum atomic E-state index is -0.463. The maximum Gasteiger partial charge on any atom is 0.237 e. The summed E-state index contributed by atoms with van der Waals surface area (Å²) in [6.45, 7) is 6.13. The van der Waals surface area contributed by atoms with Gasteiger partial charge in [0.05, 0.1) is 12.1 Å². The molecule has 0 radical (unpaired) electrons. The van der Waals surface area contributed by atoms with Gasteiger partial charge in [0.25, 0.3) is 0 Å². The van der Waals surface area contributed by atoms with Crippen LogP contribution < -0.4 is 11.1 Å². The summed E-state index contributed by atoms with van der Waals surface area (Å²) in [6, 6.07) is 7.95. The highest BCUT2D eigenvalue weighted by atomic mass is 35.5. The highest BCUT2D eigenvalue weighted by Crippen LogP contribution is 2.43. The molecule has 3 nitrogen and oxygen atoms in total. The maximum atomic E-state index is 11.9. The van der Waals surface area contributed by atoms with Gasteiger partial charge in [-0.25, -0.2) is 0 Å². The third-order valence-corrected chi connectivity index (χ3v) is 3.89. The summed E-state index contributed by atoms with van der Waals surface area (Å²) in [6.07, 6.45) is 2.15. The minimum Gasteiger partial charge on any atom is -0.347 e. The van der Waals surface area contributed by atoms with E-state index < -0.39 is 6.04 Å². The molecule has 2 unspecified atom stereocenters. The van der Waals surface area contributed by atoms with E-state index in [1.54, 1.807) is 6.92 Å². The van der Waals surface area contributed by atoms with Crippen molar-refractivity contribution in [2.45, 2.75) is 45.7 Å². The first kappa shape index (κ1) is 16.0. The molecule has 19 heavy (non-hydrogen) atoms. The predicted molar refractivity (Wildman–Crippen MR) is 80.3 cm³/mol. The van der Waals surface area contributed by atoms with E-state index in [4.69, 9.17) is 5.73 Å². The zero-order chi connectivity index (χ0) is 13.3. The molecule has 0 bridgehead atoms. The van der Waals surface area contributed by atoms with Crippen LogP contribution in [0.1, 0.15) is 44.4 Å². The number of fused-ring (bicyclic) bond motifs is 1. The van der Waals surface area contributed by atoms with Gasteiger partial charge in [-0.15, -0.1) is 12.4 Å². The minimum absolute atomic E-state index is 0. The standard InChI is InChI=1S/C15H22N2O.ClH/c1-10(16)14(18)17-13-12-7-5-4-6-11(12)8-9-15(13,2)3;/h4-7,10,13H,8-9,16H2,1-3H3,(H,17,18);1H. The van der Waals surface area contributed by atoms with Crippen molar-refractivity contribution in [2.24, 2.45) is 11.1 Å². The van der Waals surface area contributed by atoms with Crippen LogP contribution in [0.3, 0.4) is 0 Å². The van der Waals surface area contributed by atoms with Gasteiger partial charge in [0, 0.05) is 0 Å². The lowest BCUT2D eigenvalue weighted by Gasteiger charge is -2.40. The Bertz CT molecular complexity index is 457. The molecular formula is C15H23ClN2O. The molecule has 1 aliphatic carbocycles. The summed E-state index contributed by atoms with van der Waals surface area (Å²) < 4.78 is 0. The van der Waals surface area contributed by atoms with Crippen molar-refractivity contribution in [1.82, 2.24) is 5.32 Å². The second kappa shape index (κ2) is 5.93. The van der Waals surface area contributed by atoms with Gasteiger partial charge in [-0.2, -0.15) is 0 Å². The first-order valence-corrected chi connectivity index (χ1v) is 6.55. The molecule has 0 aromatic heterocycles. The molecular weight excluding hydrogens is 260 g/mol. The number of amides is 1. The highest BCUT2D eigenvalue weighted by Gasteiger charge is 2.36. The molecule has 3 N–H and O–H groups in total. The van der Waals surface area contributed by atoms with Crippen molar-refractivity contribution >= 4 is 18.3 Å². The Kier molecular flexibility index (Phi) is 4.99. The van der Waals surface area contributed by atoms with Crippen molar-refractivity contribution in [3.8, 4) is 0 Å². The third-order valence-electron chi connectivity index (χ3n) is 3.89. The smallest absolute Gasteiger partial charge is 0.237 e. The van der Waals surface area contributed by atoms with Crippen LogP contribution in [-0.4, -0.2) is 11.9 Å². The second-order valence-electron chi connectivity index (χ2n) is 5.92. The number of hydrogen-bond acceptors (Lipinski definition) is 2. The molecule has 0 saturated carbocycles. The van der Waals surface area contributed by atoms with Gasteiger partial charge >= 0.3 is 0 Å². The molecule has 1 aromatic carbocycles. The summed E-state index contributed by atoms with van der Waals surface area (Å²) >= 11 is 0. The molecule has 2 atom stereocenters. The normalized spacial score (nSPS) is 21.8. The number of nitrogens with two attached hydrogens (primary N) is 1. The Labute approximate surface area is 121 Å². The van der Waals surface area contributed by atoms with E-state index >= 15 is 0 Å². The highest BCUT2D eigenvalue weighted by molar-refractivity contribution is 5.85. The summed E-state index contributed by atoms with van der Waals surface area (Å²) in [5.41, 5.74) is 8.30. The van der Waals surface area contributed by atoms with Crippen molar-refractivity contribution in [3.63, 3.8) is 0 Å². The zero-order valence-electron chi connectivity index (χ0n) is 11.8. The fourth-order valence-corrected chi connectivity index (χ4v) is 2.61. The van der Waals surface area contributed by atoms with Crippen LogP contribution in [0.2, 0.25) is 0 Å². The van der Waals surface area contributed by atoms with E-state index in [9.17, 15) is 4.79 Å². The van der Waals surface area contributed by atoms with Crippen LogP contribution in [0, 0.1) is 5.41 Å². The summed E-state index contributed by atoms with van der Waals surface area (Å²) in [5.74, 6) is -0.0789. The van der Waals surface area contributed by atoms with Gasteiger partial charge in [0.15, 0.2) is 0 Å². The molecule has 4 heteroatoms. The van der Waals surface area contributed by atoms with E-state index in [1.165, 1.54) is 11.1 Å². The molecule has 0 fully saturated rings. The summed E-state index contributed by atoms with van der Waals surface area (Å²) in [5, 5.41) is 3.10. The van der Waals surface area contributed by atoms with E-state index in [-0.39, 0.29) is 29.8 Å². The van der Waals surface area contributed by atoms with Gasteiger partial charge in [-0.3, -0.25) is 4.79 Å². The van der Waals surface area contributed by atoms with E-state index in [0.717, 1.165) is 12.8 Å². The second-order valence-corrected chi connectivity index (χ2v) is 5.92. The van der Waals surface area contributed by atoms with Gasteiger partial charge in [-0.1, -0.05) is 38.1 Å². The van der Waals surface area contributed by atoms with E-state index in [0.29, 0.717) is 0 Å². The number of nitrogens with one attached hydrogen (secondary N) is 1. The predicted octanol–water partition coefficient (Wildman–Crippen LogP) is 2.59. The van der Waals surface area contributed by atoms with Crippen molar-refractivity contribution < 1.29 is 4.79 Å². The summed E-state index contributed by atoms with van der Waals surface area (Å²) in [7, 11) is 0. The lowest BCUT2D eigenvalue weighted by Crippen LogP contribution is -2.46. The number of halogens is 1. The Morgan fingerprint density at radius 1 is 1.42 bits per heavy atom. The quantitative estimate of drug-likeness (QED) is 0.876. The fourth-order valence-electron chi connectivity index (χ4n) is 2.61. The molecule has 2 rings (SSSR count). The van der Waals surface area contributed by atoms with Crippen LogP contribution in [0.5, 0.6) is 0 Å². The number of carbonyl (C=O) groups is 1. The molecule has 0 heterocycles. The summed E-state index contributed by atoms with van der Waals surface area (Å²) in [4.78, 5) is 11.9. The monoisotopic (exact) mass is 282 g/mol. The van der Waals surface area contributed by atoms with Gasteiger partial charge < -0.3 is 11.1 Å². The van der Waals surface area contributed by atoms with Gasteiger partial charge in [0.2, 0.25) is 5.91 Å². The topological polar surface area (TPSA) is 55.1 Å². The Balaban J connectivity index is 0.00000180. The molecule has 1 amide bonds. The van der Waals surface area contributed by atoms with Crippen LogP contribution in [0.4, 0.5) is 0 Å². The Hall–Kier alpha value is -1.06. The molecule has 1 aromatic rings. The van der Waals surface area contributed by atoms with Crippen molar-refractivity contribution in [2.75, 3.05) is 0 Å².